The van der Waals surface area contributed by atoms with Crippen LogP contribution in [-0.4, -0.2) is 29.4 Å². The van der Waals surface area contributed by atoms with Crippen LogP contribution in [0.15, 0.2) is 72.8 Å². The van der Waals surface area contributed by atoms with E-state index in [0.29, 0.717) is 19.4 Å². The Bertz CT molecular complexity index is 1310. The van der Waals surface area contributed by atoms with Crippen molar-refractivity contribution >= 4 is 5.97 Å². The number of ether oxygens (including phenoxy) is 3. The zero-order chi connectivity index (χ0) is 28.5. The fourth-order valence-corrected chi connectivity index (χ4v) is 6.09. The second-order valence-electron chi connectivity index (χ2n) is 12.9. The molecule has 212 valence electrons. The molecule has 0 amide bonds. The van der Waals surface area contributed by atoms with Crippen molar-refractivity contribution in [2.24, 2.45) is 11.8 Å². The predicted molar refractivity (Wildman–Crippen MR) is 157 cm³/mol. The molecule has 0 saturated carbocycles. The Morgan fingerprint density at radius 1 is 0.975 bits per heavy atom. The second-order valence-corrected chi connectivity index (χ2v) is 12.9. The first-order valence-electron chi connectivity index (χ1n) is 14.5. The number of aryl methyl sites for hydroxylation is 1. The summed E-state index contributed by atoms with van der Waals surface area (Å²) in [6, 6.07) is 24.9. The van der Waals surface area contributed by atoms with E-state index < -0.39 is 17.5 Å². The van der Waals surface area contributed by atoms with Gasteiger partial charge in [-0.25, -0.2) is 0 Å². The summed E-state index contributed by atoms with van der Waals surface area (Å²) >= 11 is 0. The summed E-state index contributed by atoms with van der Waals surface area (Å²) < 4.78 is 19.2. The van der Waals surface area contributed by atoms with Gasteiger partial charge >= 0.3 is 5.97 Å². The minimum absolute atomic E-state index is 0.0618. The van der Waals surface area contributed by atoms with Crippen molar-refractivity contribution in [3.63, 3.8) is 0 Å². The van der Waals surface area contributed by atoms with Gasteiger partial charge in [0.2, 0.25) is 0 Å². The van der Waals surface area contributed by atoms with Crippen molar-refractivity contribution in [2.75, 3.05) is 6.61 Å². The van der Waals surface area contributed by atoms with Crippen molar-refractivity contribution in [3.05, 3.63) is 95.1 Å². The number of hydrogen-bond acceptors (Lipinski definition) is 4. The van der Waals surface area contributed by atoms with Gasteiger partial charge in [-0.15, -0.1) is 0 Å². The van der Waals surface area contributed by atoms with Crippen LogP contribution in [0.5, 0.6) is 11.5 Å². The number of rotatable bonds is 8. The molecule has 1 N–H and O–H groups in total. The Kier molecular flexibility index (Phi) is 7.96. The minimum Gasteiger partial charge on any atom is -0.493 e. The van der Waals surface area contributed by atoms with Crippen molar-refractivity contribution in [1.29, 1.82) is 0 Å². The molecule has 1 fully saturated rings. The summed E-state index contributed by atoms with van der Waals surface area (Å²) in [5.41, 5.74) is 4.24. The fourth-order valence-electron chi connectivity index (χ4n) is 6.09. The summed E-state index contributed by atoms with van der Waals surface area (Å²) in [4.78, 5) is 12.4. The van der Waals surface area contributed by atoms with Gasteiger partial charge in [0.25, 0.3) is 0 Å². The van der Waals surface area contributed by atoms with Gasteiger partial charge in [-0.2, -0.15) is 0 Å². The van der Waals surface area contributed by atoms with Crippen LogP contribution < -0.4 is 9.47 Å². The highest BCUT2D eigenvalue weighted by Crippen LogP contribution is 2.53. The average molecular weight is 543 g/mol. The number of hydrogen-bond donors (Lipinski definition) is 1. The number of carboxylic acid groups (broad SMARTS) is 1. The number of benzene rings is 3. The highest BCUT2D eigenvalue weighted by molar-refractivity contribution is 5.71. The molecule has 2 heterocycles. The number of carboxylic acids is 1. The highest BCUT2D eigenvalue weighted by atomic mass is 16.5. The van der Waals surface area contributed by atoms with E-state index in [-0.39, 0.29) is 23.5 Å². The minimum atomic E-state index is -0.796. The zero-order valence-corrected chi connectivity index (χ0v) is 24.4. The van der Waals surface area contributed by atoms with Crippen molar-refractivity contribution < 1.29 is 24.1 Å². The van der Waals surface area contributed by atoms with E-state index in [1.165, 1.54) is 16.7 Å². The molecule has 5 nitrogen and oxygen atoms in total. The number of carbonyl (C=O) groups is 1. The molecule has 3 aromatic rings. The third kappa shape index (κ3) is 6.20. The van der Waals surface area contributed by atoms with E-state index in [2.05, 4.69) is 57.2 Å². The van der Waals surface area contributed by atoms with Crippen LogP contribution in [0, 0.1) is 11.8 Å². The normalized spacial score (nSPS) is 23.4. The molecular weight excluding hydrogens is 500 g/mol. The van der Waals surface area contributed by atoms with Crippen LogP contribution in [-0.2, 0) is 27.8 Å². The summed E-state index contributed by atoms with van der Waals surface area (Å²) in [7, 11) is 0. The van der Waals surface area contributed by atoms with E-state index in [1.54, 1.807) is 0 Å². The molecular formula is C35H42O5. The standard InChI is InChI=1S/C35H42O5/c1-34(2,3)25-14-11-24(12-15-25)13-18-30-28(33(36)37)22-29-32(39-30)27-17-16-26(21-31(27)40-35(29,4)5)38-20-19-23-9-7-6-8-10-23/h6-12,14-17,21,28-30,32H,13,18-20,22H2,1-5H3,(H,36,37)/t28-,29+,30+,32-/m1/s1. The lowest BCUT2D eigenvalue weighted by Gasteiger charge is -2.50. The maximum Gasteiger partial charge on any atom is 0.309 e. The zero-order valence-electron chi connectivity index (χ0n) is 24.4. The SMILES string of the molecule is CC(C)(C)c1ccc(CC[C@@H]2O[C@@H]3c4ccc(OCCc5ccccc5)cc4OC(C)(C)[C@H]3C[C@H]2C(=O)O)cc1. The molecule has 0 spiro atoms. The molecule has 5 heteroatoms. The second kappa shape index (κ2) is 11.3. The van der Waals surface area contributed by atoms with Gasteiger partial charge < -0.3 is 19.3 Å². The maximum absolute atomic E-state index is 12.4. The summed E-state index contributed by atoms with van der Waals surface area (Å²) in [6.07, 6.45) is 2.19. The van der Waals surface area contributed by atoms with Gasteiger partial charge in [0.05, 0.1) is 24.7 Å². The predicted octanol–water partition coefficient (Wildman–Crippen LogP) is 7.56. The first-order valence-corrected chi connectivity index (χ1v) is 14.5. The maximum atomic E-state index is 12.4. The van der Waals surface area contributed by atoms with Gasteiger partial charge in [-0.05, 0) is 67.3 Å². The summed E-state index contributed by atoms with van der Waals surface area (Å²) in [6.45, 7) is 11.3. The Hall–Kier alpha value is -3.31. The third-order valence-corrected chi connectivity index (χ3v) is 8.56. The Balaban J connectivity index is 1.31. The molecule has 4 atom stereocenters. The molecule has 2 aliphatic heterocycles. The van der Waals surface area contributed by atoms with E-state index in [1.807, 2.05) is 50.2 Å². The lowest BCUT2D eigenvalue weighted by Crippen LogP contribution is -2.52. The van der Waals surface area contributed by atoms with Gasteiger partial charge in [-0.1, -0.05) is 75.4 Å². The van der Waals surface area contributed by atoms with Crippen LogP contribution in [0.3, 0.4) is 0 Å². The molecule has 1 saturated heterocycles. The first kappa shape index (κ1) is 28.2. The van der Waals surface area contributed by atoms with E-state index >= 15 is 0 Å². The van der Waals surface area contributed by atoms with Gasteiger partial charge in [0.1, 0.15) is 17.1 Å². The monoisotopic (exact) mass is 542 g/mol. The Morgan fingerprint density at radius 2 is 1.68 bits per heavy atom. The summed E-state index contributed by atoms with van der Waals surface area (Å²) in [5.74, 6) is 0.0934. The molecule has 0 unspecified atom stereocenters. The molecule has 5 rings (SSSR count). The van der Waals surface area contributed by atoms with Crippen LogP contribution in [0.1, 0.15) is 75.8 Å². The van der Waals surface area contributed by atoms with Crippen LogP contribution in [0.25, 0.3) is 0 Å². The van der Waals surface area contributed by atoms with Gasteiger partial charge in [0.15, 0.2) is 0 Å². The van der Waals surface area contributed by atoms with Crippen molar-refractivity contribution in [2.45, 2.75) is 83.5 Å². The lowest BCUT2D eigenvalue weighted by atomic mass is 9.71. The number of fused-ring (bicyclic) bond motifs is 3. The molecule has 3 aromatic carbocycles. The van der Waals surface area contributed by atoms with Crippen molar-refractivity contribution in [3.8, 4) is 11.5 Å². The molecule has 40 heavy (non-hydrogen) atoms. The molecule has 0 aromatic heterocycles. The topological polar surface area (TPSA) is 65.0 Å². The van der Waals surface area contributed by atoms with Gasteiger partial charge in [-0.3, -0.25) is 4.79 Å². The number of aliphatic carboxylic acids is 1. The molecule has 2 aliphatic rings. The fraction of sp³-hybridized carbons (Fsp3) is 0.457. The third-order valence-electron chi connectivity index (χ3n) is 8.56. The molecule has 0 aliphatic carbocycles. The van der Waals surface area contributed by atoms with Crippen molar-refractivity contribution in [1.82, 2.24) is 0 Å². The molecule has 0 bridgehead atoms. The largest absolute Gasteiger partial charge is 0.493 e. The van der Waals surface area contributed by atoms with E-state index in [4.69, 9.17) is 14.2 Å². The summed E-state index contributed by atoms with van der Waals surface area (Å²) in [5, 5.41) is 10.2. The first-order chi connectivity index (χ1) is 19.0. The van der Waals surface area contributed by atoms with E-state index in [0.717, 1.165) is 29.9 Å². The smallest absolute Gasteiger partial charge is 0.309 e. The van der Waals surface area contributed by atoms with Crippen LogP contribution in [0.4, 0.5) is 0 Å². The van der Waals surface area contributed by atoms with Gasteiger partial charge in [0, 0.05) is 24.0 Å². The van der Waals surface area contributed by atoms with E-state index in [9.17, 15) is 9.90 Å². The van der Waals surface area contributed by atoms with Crippen LogP contribution >= 0.6 is 0 Å². The van der Waals surface area contributed by atoms with Crippen LogP contribution in [0.2, 0.25) is 0 Å². The highest BCUT2D eigenvalue weighted by Gasteiger charge is 2.52. The average Bonchev–Trinajstić information content (AvgIpc) is 2.91. The Morgan fingerprint density at radius 3 is 2.35 bits per heavy atom. The quantitative estimate of drug-likeness (QED) is 0.318. The Labute approximate surface area is 238 Å². The lowest BCUT2D eigenvalue weighted by molar-refractivity contribution is -0.188. The molecule has 0 radical (unpaired) electrons.